The summed E-state index contributed by atoms with van der Waals surface area (Å²) in [6.07, 6.45) is 0.673. The van der Waals surface area contributed by atoms with Crippen LogP contribution in [0.3, 0.4) is 0 Å². The zero-order valence-corrected chi connectivity index (χ0v) is 16.0. The highest BCUT2D eigenvalue weighted by atomic mass is 19.1. The molecule has 1 saturated heterocycles. The molecule has 1 fully saturated rings. The number of halogens is 1. The Morgan fingerprint density at radius 2 is 1.61 bits per heavy atom. The largest absolute Gasteiger partial charge is 0.368 e. The van der Waals surface area contributed by atoms with Gasteiger partial charge in [-0.2, -0.15) is 0 Å². The fourth-order valence-corrected chi connectivity index (χ4v) is 3.20. The molecule has 0 radical (unpaired) electrons. The summed E-state index contributed by atoms with van der Waals surface area (Å²) in [6, 6.07) is 14.0. The molecule has 0 bridgehead atoms. The summed E-state index contributed by atoms with van der Waals surface area (Å²) in [7, 11) is 0. The molecule has 28 heavy (non-hydrogen) atoms. The number of amides is 3. The van der Waals surface area contributed by atoms with Gasteiger partial charge in [-0.1, -0.05) is 12.1 Å². The molecule has 1 heterocycles. The molecule has 0 saturated carbocycles. The Bertz CT molecular complexity index is 800. The van der Waals surface area contributed by atoms with Crippen LogP contribution in [0, 0.1) is 5.82 Å². The second kappa shape index (κ2) is 9.21. The summed E-state index contributed by atoms with van der Waals surface area (Å²) in [5.41, 5.74) is 2.84. The van der Waals surface area contributed by atoms with Crippen LogP contribution in [0.2, 0.25) is 0 Å². The van der Waals surface area contributed by atoms with Crippen LogP contribution in [0.4, 0.5) is 20.6 Å². The number of urea groups is 1. The lowest BCUT2D eigenvalue weighted by atomic mass is 10.1. The average molecular weight is 384 g/mol. The topological polar surface area (TPSA) is 64.7 Å². The van der Waals surface area contributed by atoms with Crippen LogP contribution < -0.4 is 15.5 Å². The molecule has 7 heteroatoms. The lowest BCUT2D eigenvalue weighted by Crippen LogP contribution is -2.52. The van der Waals surface area contributed by atoms with Gasteiger partial charge in [0.2, 0.25) is 5.91 Å². The fourth-order valence-electron chi connectivity index (χ4n) is 3.20. The lowest BCUT2D eigenvalue weighted by Gasteiger charge is -2.36. The monoisotopic (exact) mass is 384 g/mol. The molecular formula is C21H25FN4O2. The van der Waals surface area contributed by atoms with E-state index in [0.29, 0.717) is 26.1 Å². The molecule has 148 valence electrons. The maximum Gasteiger partial charge on any atom is 0.317 e. The normalized spacial score (nSPS) is 13.9. The van der Waals surface area contributed by atoms with Gasteiger partial charge in [0.1, 0.15) is 5.82 Å². The Labute approximate surface area is 164 Å². The van der Waals surface area contributed by atoms with Gasteiger partial charge in [0, 0.05) is 51.0 Å². The van der Waals surface area contributed by atoms with Gasteiger partial charge in [0.05, 0.1) is 0 Å². The van der Waals surface area contributed by atoms with E-state index in [0.717, 1.165) is 30.0 Å². The van der Waals surface area contributed by atoms with Gasteiger partial charge >= 0.3 is 6.03 Å². The number of nitrogens with one attached hydrogen (secondary N) is 2. The molecule has 3 rings (SSSR count). The predicted molar refractivity (Wildman–Crippen MR) is 108 cm³/mol. The lowest BCUT2D eigenvalue weighted by molar-refractivity contribution is -0.114. The molecule has 0 atom stereocenters. The van der Waals surface area contributed by atoms with Gasteiger partial charge in [0.15, 0.2) is 0 Å². The van der Waals surface area contributed by atoms with Crippen molar-refractivity contribution in [2.75, 3.05) is 42.9 Å². The van der Waals surface area contributed by atoms with Crippen LogP contribution in [0.1, 0.15) is 12.5 Å². The molecule has 0 unspecified atom stereocenters. The van der Waals surface area contributed by atoms with Crippen molar-refractivity contribution in [3.05, 3.63) is 59.9 Å². The first kappa shape index (κ1) is 19.7. The quantitative estimate of drug-likeness (QED) is 0.833. The number of hydrogen-bond acceptors (Lipinski definition) is 3. The molecule has 1 aliphatic heterocycles. The fraction of sp³-hybridized carbons (Fsp3) is 0.333. The van der Waals surface area contributed by atoms with Crippen LogP contribution >= 0.6 is 0 Å². The number of anilines is 2. The average Bonchev–Trinajstić information content (AvgIpc) is 2.70. The van der Waals surface area contributed by atoms with E-state index < -0.39 is 0 Å². The molecular weight excluding hydrogens is 359 g/mol. The summed E-state index contributed by atoms with van der Waals surface area (Å²) in [5, 5.41) is 5.68. The Balaban J connectivity index is 1.42. The number of rotatable bonds is 5. The number of carbonyl (C=O) groups excluding carboxylic acids is 2. The Morgan fingerprint density at radius 1 is 0.964 bits per heavy atom. The number of piperazine rings is 1. The number of carbonyl (C=O) groups is 2. The summed E-state index contributed by atoms with van der Waals surface area (Å²) in [6.45, 7) is 4.81. The van der Waals surface area contributed by atoms with Gasteiger partial charge in [-0.15, -0.1) is 0 Å². The minimum absolute atomic E-state index is 0.0669. The van der Waals surface area contributed by atoms with Crippen molar-refractivity contribution in [3.63, 3.8) is 0 Å². The van der Waals surface area contributed by atoms with E-state index >= 15 is 0 Å². The Kier molecular flexibility index (Phi) is 6.47. The van der Waals surface area contributed by atoms with Crippen molar-refractivity contribution < 1.29 is 14.0 Å². The predicted octanol–water partition coefficient (Wildman–Crippen LogP) is 2.86. The van der Waals surface area contributed by atoms with Gasteiger partial charge in [0.25, 0.3) is 0 Å². The van der Waals surface area contributed by atoms with E-state index in [-0.39, 0.29) is 17.8 Å². The third kappa shape index (κ3) is 5.45. The van der Waals surface area contributed by atoms with Crippen molar-refractivity contribution in [2.24, 2.45) is 0 Å². The second-order valence-corrected chi connectivity index (χ2v) is 6.81. The van der Waals surface area contributed by atoms with E-state index in [9.17, 15) is 14.0 Å². The summed E-state index contributed by atoms with van der Waals surface area (Å²) in [4.78, 5) is 27.5. The van der Waals surface area contributed by atoms with Gasteiger partial charge in [-0.05, 0) is 48.4 Å². The van der Waals surface area contributed by atoms with Crippen LogP contribution in [0.15, 0.2) is 48.5 Å². The molecule has 6 nitrogen and oxygen atoms in total. The van der Waals surface area contributed by atoms with E-state index in [2.05, 4.69) is 15.5 Å². The molecule has 0 aliphatic carbocycles. The van der Waals surface area contributed by atoms with Crippen molar-refractivity contribution in [2.45, 2.75) is 13.3 Å². The standard InChI is InChI=1S/C21H25FN4O2/c1-16(27)24-19-6-8-20(9-7-19)25-12-14-26(15-13-25)21(28)23-11-10-17-2-4-18(22)5-3-17/h2-9H,10-15H2,1H3,(H,23,28)(H,24,27). The third-order valence-electron chi connectivity index (χ3n) is 4.72. The third-order valence-corrected chi connectivity index (χ3v) is 4.72. The summed E-state index contributed by atoms with van der Waals surface area (Å²) in [5.74, 6) is -0.345. The first-order valence-corrected chi connectivity index (χ1v) is 9.41. The van der Waals surface area contributed by atoms with Gasteiger partial charge in [-0.3, -0.25) is 4.79 Å². The molecule has 2 aromatic rings. The number of benzene rings is 2. The molecule has 0 aromatic heterocycles. The van der Waals surface area contributed by atoms with Crippen LogP contribution in [-0.2, 0) is 11.2 Å². The highest BCUT2D eigenvalue weighted by Crippen LogP contribution is 2.19. The SMILES string of the molecule is CC(=O)Nc1ccc(N2CCN(C(=O)NCCc3ccc(F)cc3)CC2)cc1. The minimum Gasteiger partial charge on any atom is -0.368 e. The van der Waals surface area contributed by atoms with Crippen LogP contribution in [0.25, 0.3) is 0 Å². The van der Waals surface area contributed by atoms with E-state index in [1.165, 1.54) is 19.1 Å². The van der Waals surface area contributed by atoms with Crippen molar-refractivity contribution in [3.8, 4) is 0 Å². The van der Waals surface area contributed by atoms with E-state index in [1.54, 1.807) is 12.1 Å². The molecule has 2 N–H and O–H groups in total. The van der Waals surface area contributed by atoms with Crippen LogP contribution in [-0.4, -0.2) is 49.6 Å². The number of hydrogen-bond donors (Lipinski definition) is 2. The highest BCUT2D eigenvalue weighted by molar-refractivity contribution is 5.88. The van der Waals surface area contributed by atoms with Gasteiger partial charge in [-0.25, -0.2) is 9.18 Å². The first-order valence-electron chi connectivity index (χ1n) is 9.41. The van der Waals surface area contributed by atoms with Crippen molar-refractivity contribution in [1.29, 1.82) is 0 Å². The number of nitrogens with zero attached hydrogens (tertiary/aromatic N) is 2. The van der Waals surface area contributed by atoms with E-state index in [4.69, 9.17) is 0 Å². The molecule has 2 aromatic carbocycles. The van der Waals surface area contributed by atoms with Crippen molar-refractivity contribution >= 4 is 23.3 Å². The molecule has 1 aliphatic rings. The summed E-state index contributed by atoms with van der Waals surface area (Å²) < 4.78 is 12.9. The maximum absolute atomic E-state index is 12.9. The van der Waals surface area contributed by atoms with Crippen LogP contribution in [0.5, 0.6) is 0 Å². The molecule has 3 amide bonds. The zero-order valence-electron chi connectivity index (χ0n) is 16.0. The second-order valence-electron chi connectivity index (χ2n) is 6.81. The highest BCUT2D eigenvalue weighted by Gasteiger charge is 2.21. The zero-order chi connectivity index (χ0) is 19.9. The van der Waals surface area contributed by atoms with Crippen molar-refractivity contribution in [1.82, 2.24) is 10.2 Å². The Hall–Kier alpha value is -3.09. The van der Waals surface area contributed by atoms with E-state index in [1.807, 2.05) is 29.2 Å². The minimum atomic E-state index is -0.254. The smallest absolute Gasteiger partial charge is 0.317 e. The maximum atomic E-state index is 12.9. The first-order chi connectivity index (χ1) is 13.5. The van der Waals surface area contributed by atoms with Gasteiger partial charge < -0.3 is 20.4 Å². The molecule has 0 spiro atoms. The Morgan fingerprint density at radius 3 is 2.21 bits per heavy atom. The summed E-state index contributed by atoms with van der Waals surface area (Å²) >= 11 is 0.